The molecule has 2 aromatic rings. The molecule has 0 radical (unpaired) electrons. The second-order valence-electron chi connectivity index (χ2n) is 8.68. The van der Waals surface area contributed by atoms with E-state index in [1.165, 1.54) is 24.9 Å². The van der Waals surface area contributed by atoms with E-state index in [-0.39, 0.29) is 23.4 Å². The van der Waals surface area contributed by atoms with Crippen molar-refractivity contribution in [2.45, 2.75) is 51.2 Å². The maximum Gasteiger partial charge on any atom is 0.340 e. The molecule has 7 nitrogen and oxygen atoms in total. The number of methoxy groups -OCH3 is 1. The first kappa shape index (κ1) is 21.2. The van der Waals surface area contributed by atoms with Gasteiger partial charge in [0.15, 0.2) is 6.10 Å². The number of hydrogen-bond donors (Lipinski definition) is 0. The highest BCUT2D eigenvalue weighted by Crippen LogP contribution is 2.47. The van der Waals surface area contributed by atoms with Crippen molar-refractivity contribution in [1.82, 2.24) is 0 Å². The summed E-state index contributed by atoms with van der Waals surface area (Å²) in [4.78, 5) is 47.8. The highest BCUT2D eigenvalue weighted by atomic mass is 32.1. The van der Waals surface area contributed by atoms with E-state index in [0.29, 0.717) is 5.00 Å². The van der Waals surface area contributed by atoms with E-state index in [0.717, 1.165) is 41.1 Å². The molecule has 1 aromatic heterocycles. The normalized spacial score (nSPS) is 26.0. The van der Waals surface area contributed by atoms with Crippen LogP contribution in [0.15, 0.2) is 36.4 Å². The van der Waals surface area contributed by atoms with Crippen LogP contribution in [0.5, 0.6) is 0 Å². The Morgan fingerprint density at radius 1 is 1.09 bits per heavy atom. The van der Waals surface area contributed by atoms with E-state index in [9.17, 15) is 14.4 Å². The smallest absolute Gasteiger partial charge is 0.340 e. The lowest BCUT2D eigenvalue weighted by Gasteiger charge is -2.35. The zero-order valence-corrected chi connectivity index (χ0v) is 19.0. The molecule has 32 heavy (non-hydrogen) atoms. The number of thiophene rings is 1. The molecule has 3 heterocycles. The Labute approximate surface area is 190 Å². The number of carbonyl (C=O) groups is 3. The Morgan fingerprint density at radius 3 is 2.50 bits per heavy atom. The summed E-state index contributed by atoms with van der Waals surface area (Å²) in [7, 11) is 1.29. The van der Waals surface area contributed by atoms with Crippen LogP contribution in [-0.2, 0) is 19.2 Å². The van der Waals surface area contributed by atoms with E-state index in [4.69, 9.17) is 9.57 Å². The van der Waals surface area contributed by atoms with Gasteiger partial charge in [-0.05, 0) is 43.9 Å². The van der Waals surface area contributed by atoms with Crippen LogP contribution >= 0.6 is 11.3 Å². The van der Waals surface area contributed by atoms with Gasteiger partial charge < -0.3 is 4.74 Å². The first-order chi connectivity index (χ1) is 15.5. The van der Waals surface area contributed by atoms with E-state index in [1.807, 2.05) is 37.3 Å². The number of carbonyl (C=O) groups excluding carboxylic acids is 3. The Bertz CT molecular complexity index is 1050. The van der Waals surface area contributed by atoms with Gasteiger partial charge in [-0.3, -0.25) is 14.4 Å². The lowest BCUT2D eigenvalue weighted by atomic mass is 9.77. The predicted octanol–water partition coefficient (Wildman–Crippen LogP) is 4.10. The Morgan fingerprint density at radius 2 is 1.81 bits per heavy atom. The van der Waals surface area contributed by atoms with Gasteiger partial charge in [-0.25, -0.2) is 14.8 Å². The fourth-order valence-corrected chi connectivity index (χ4v) is 6.34. The monoisotopic (exact) mass is 454 g/mol. The number of anilines is 2. The van der Waals surface area contributed by atoms with Gasteiger partial charge in [0.25, 0.3) is 5.91 Å². The maximum atomic E-state index is 13.8. The van der Waals surface area contributed by atoms with E-state index in [1.54, 1.807) is 11.1 Å². The van der Waals surface area contributed by atoms with Crippen molar-refractivity contribution in [2.24, 2.45) is 11.8 Å². The van der Waals surface area contributed by atoms with Crippen LogP contribution < -0.4 is 9.96 Å². The number of fused-ring (bicyclic) bond motifs is 1. The number of ether oxygens (including phenoxy) is 1. The molecule has 2 amide bonds. The average Bonchev–Trinajstić information content (AvgIpc) is 3.47. The molecule has 2 saturated heterocycles. The summed E-state index contributed by atoms with van der Waals surface area (Å²) >= 11 is 1.25. The lowest BCUT2D eigenvalue weighted by molar-refractivity contribution is -0.126. The van der Waals surface area contributed by atoms with Gasteiger partial charge in [0, 0.05) is 4.88 Å². The molecule has 168 valence electrons. The number of amides is 2. The zero-order valence-electron chi connectivity index (χ0n) is 18.2. The number of esters is 1. The van der Waals surface area contributed by atoms with E-state index >= 15 is 0 Å². The fourth-order valence-electron chi connectivity index (χ4n) is 5.33. The van der Waals surface area contributed by atoms with Gasteiger partial charge in [-0.1, -0.05) is 37.5 Å². The van der Waals surface area contributed by atoms with Crippen LogP contribution in [0.1, 0.15) is 47.3 Å². The first-order valence-corrected chi connectivity index (χ1v) is 11.9. The standard InChI is InChI=1S/C24H26N2O5S/c1-14-13-17(24(29)30-2)23(32-14)25-21(27)18-19(15-9-5-3-6-10-15)26(31-20(18)22(25)28)16-11-7-4-8-12-16/h4,7-8,11-13,15,18-20H,3,5-6,9-10H2,1-2H3/t18-,19-,20+/m1/s1. The molecule has 3 atom stereocenters. The molecule has 0 bridgehead atoms. The van der Waals surface area contributed by atoms with Crippen molar-refractivity contribution in [3.63, 3.8) is 0 Å². The van der Waals surface area contributed by atoms with Crippen molar-refractivity contribution in [3.05, 3.63) is 46.8 Å². The third-order valence-corrected chi connectivity index (χ3v) is 7.78. The second-order valence-corrected chi connectivity index (χ2v) is 9.92. The molecular formula is C24H26N2O5S. The topological polar surface area (TPSA) is 76.2 Å². The summed E-state index contributed by atoms with van der Waals surface area (Å²) in [5.41, 5.74) is 1.10. The molecule has 8 heteroatoms. The average molecular weight is 455 g/mol. The quantitative estimate of drug-likeness (QED) is 0.511. The van der Waals surface area contributed by atoms with Gasteiger partial charge in [-0.2, -0.15) is 0 Å². The molecule has 1 aromatic carbocycles. The molecule has 1 saturated carbocycles. The van der Waals surface area contributed by atoms with Crippen LogP contribution in [0.4, 0.5) is 10.7 Å². The van der Waals surface area contributed by atoms with Crippen LogP contribution in [0.25, 0.3) is 0 Å². The molecular weight excluding hydrogens is 428 g/mol. The molecule has 3 fully saturated rings. The lowest BCUT2D eigenvalue weighted by Crippen LogP contribution is -2.45. The summed E-state index contributed by atoms with van der Waals surface area (Å²) < 4.78 is 4.88. The van der Waals surface area contributed by atoms with Crippen molar-refractivity contribution in [3.8, 4) is 0 Å². The number of nitrogens with zero attached hydrogens (tertiary/aromatic N) is 2. The molecule has 5 rings (SSSR count). The number of para-hydroxylation sites is 1. The number of imide groups is 1. The summed E-state index contributed by atoms with van der Waals surface area (Å²) in [6.45, 7) is 1.84. The van der Waals surface area contributed by atoms with Gasteiger partial charge in [0.1, 0.15) is 10.9 Å². The van der Waals surface area contributed by atoms with Crippen molar-refractivity contribution >= 4 is 39.8 Å². The van der Waals surface area contributed by atoms with Crippen molar-refractivity contribution in [2.75, 3.05) is 17.1 Å². The fraction of sp³-hybridized carbons (Fsp3) is 0.458. The Hall–Kier alpha value is -2.71. The predicted molar refractivity (Wildman–Crippen MR) is 121 cm³/mol. The number of rotatable bonds is 4. The molecule has 0 spiro atoms. The minimum absolute atomic E-state index is 0.216. The maximum absolute atomic E-state index is 13.8. The minimum atomic E-state index is -0.887. The molecule has 0 unspecified atom stereocenters. The number of hydroxylamine groups is 1. The van der Waals surface area contributed by atoms with Crippen molar-refractivity contribution in [1.29, 1.82) is 0 Å². The summed E-state index contributed by atoms with van der Waals surface area (Å²) in [5.74, 6) is -1.59. The molecule has 0 N–H and O–H groups in total. The Kier molecular flexibility index (Phi) is 5.51. The Balaban J connectivity index is 1.54. The summed E-state index contributed by atoms with van der Waals surface area (Å²) in [5, 5.41) is 2.13. The number of hydrogen-bond acceptors (Lipinski definition) is 7. The van der Waals surface area contributed by atoms with E-state index < -0.39 is 23.9 Å². The number of benzene rings is 1. The molecule has 1 aliphatic carbocycles. The van der Waals surface area contributed by atoms with Gasteiger partial charge in [-0.15, -0.1) is 11.3 Å². The highest BCUT2D eigenvalue weighted by Gasteiger charge is 2.62. The third kappa shape index (κ3) is 3.33. The van der Waals surface area contributed by atoms with Crippen LogP contribution in [-0.4, -0.2) is 37.0 Å². The third-order valence-electron chi connectivity index (χ3n) is 6.75. The molecule has 3 aliphatic rings. The second kappa shape index (κ2) is 8.33. The molecule has 2 aliphatic heterocycles. The van der Waals surface area contributed by atoms with E-state index in [2.05, 4.69) is 0 Å². The van der Waals surface area contributed by atoms with Gasteiger partial charge in [0.05, 0.1) is 24.4 Å². The van der Waals surface area contributed by atoms with Gasteiger partial charge >= 0.3 is 5.97 Å². The SMILES string of the molecule is COC(=O)c1cc(C)sc1N1C(=O)[C@H]2[C@H](ON(c3ccccc3)[C@@H]2C2CCCCC2)C1=O. The number of aryl methyl sites for hydroxylation is 1. The largest absolute Gasteiger partial charge is 0.465 e. The summed E-state index contributed by atoms with van der Waals surface area (Å²) in [6, 6.07) is 11.1. The van der Waals surface area contributed by atoms with Gasteiger partial charge in [0.2, 0.25) is 5.91 Å². The van der Waals surface area contributed by atoms with Crippen molar-refractivity contribution < 1.29 is 24.0 Å². The minimum Gasteiger partial charge on any atom is -0.465 e. The summed E-state index contributed by atoms with van der Waals surface area (Å²) in [6.07, 6.45) is 4.55. The zero-order chi connectivity index (χ0) is 22.4. The van der Waals surface area contributed by atoms with Crippen LogP contribution in [0, 0.1) is 18.8 Å². The van der Waals surface area contributed by atoms with Crippen LogP contribution in [0.3, 0.4) is 0 Å². The highest BCUT2D eigenvalue weighted by molar-refractivity contribution is 7.17. The van der Waals surface area contributed by atoms with Crippen LogP contribution in [0.2, 0.25) is 0 Å². The first-order valence-electron chi connectivity index (χ1n) is 11.1.